The molecule has 3 nitrogen and oxygen atoms in total. The third-order valence-corrected chi connectivity index (χ3v) is 3.51. The normalized spacial score (nSPS) is 20.0. The highest BCUT2D eigenvalue weighted by molar-refractivity contribution is 5.98. The topological polar surface area (TPSA) is 33.2 Å². The van der Waals surface area contributed by atoms with Crippen LogP contribution in [-0.4, -0.2) is 23.4 Å². The fraction of sp³-hybridized carbons (Fsp3) is 0.571. The molecule has 92 valence electrons. The highest BCUT2D eigenvalue weighted by Crippen LogP contribution is 2.30. The summed E-state index contributed by atoms with van der Waals surface area (Å²) in [6, 6.07) is 4.23. The van der Waals surface area contributed by atoms with Crippen LogP contribution in [-0.2, 0) is 0 Å². The van der Waals surface area contributed by atoms with Gasteiger partial charge >= 0.3 is 0 Å². The molecule has 1 saturated heterocycles. The predicted octanol–water partition coefficient (Wildman–Crippen LogP) is 2.91. The molecule has 1 aromatic heterocycles. The van der Waals surface area contributed by atoms with Crippen molar-refractivity contribution in [1.29, 1.82) is 0 Å². The number of hydrogen-bond acceptors (Lipinski definition) is 3. The summed E-state index contributed by atoms with van der Waals surface area (Å²) in [6.07, 6.45) is 4.17. The summed E-state index contributed by atoms with van der Waals surface area (Å²) in [5.74, 6) is 1.57. The van der Waals surface area contributed by atoms with Gasteiger partial charge in [-0.2, -0.15) is 0 Å². The molecule has 0 saturated carbocycles. The van der Waals surface area contributed by atoms with Crippen LogP contribution in [0, 0.1) is 5.92 Å². The third-order valence-electron chi connectivity index (χ3n) is 3.51. The molecule has 0 spiro atoms. The molecule has 0 aromatic carbocycles. The van der Waals surface area contributed by atoms with Gasteiger partial charge in [0.1, 0.15) is 5.82 Å². The minimum Gasteiger partial charge on any atom is -0.353 e. The van der Waals surface area contributed by atoms with Crippen LogP contribution < -0.4 is 4.90 Å². The SMILES string of the molecule is CC(=O)c1cccnc1N1CCCC1C(C)C. The summed E-state index contributed by atoms with van der Waals surface area (Å²) >= 11 is 0. The number of rotatable bonds is 3. The first-order valence-electron chi connectivity index (χ1n) is 6.34. The fourth-order valence-electron chi connectivity index (χ4n) is 2.65. The van der Waals surface area contributed by atoms with Crippen molar-refractivity contribution in [1.82, 2.24) is 4.98 Å². The number of Topliss-reactive ketones (excluding diaryl/α,β-unsaturated/α-hetero) is 1. The molecule has 3 heteroatoms. The van der Waals surface area contributed by atoms with E-state index in [4.69, 9.17) is 0 Å². The molecule has 1 aliphatic rings. The summed E-state index contributed by atoms with van der Waals surface area (Å²) in [5.41, 5.74) is 0.750. The van der Waals surface area contributed by atoms with Crippen molar-refractivity contribution < 1.29 is 4.79 Å². The van der Waals surface area contributed by atoms with Crippen LogP contribution in [0.15, 0.2) is 18.3 Å². The van der Waals surface area contributed by atoms with Crippen molar-refractivity contribution >= 4 is 11.6 Å². The second kappa shape index (κ2) is 4.86. The largest absolute Gasteiger partial charge is 0.353 e. The Kier molecular flexibility index (Phi) is 3.46. The van der Waals surface area contributed by atoms with Gasteiger partial charge in [0.2, 0.25) is 0 Å². The zero-order valence-electron chi connectivity index (χ0n) is 10.8. The standard InChI is InChI=1S/C14H20N2O/c1-10(2)13-7-5-9-16(13)14-12(11(3)17)6-4-8-15-14/h4,6,8,10,13H,5,7,9H2,1-3H3. The van der Waals surface area contributed by atoms with Gasteiger partial charge in [0.05, 0.1) is 5.56 Å². The number of pyridine rings is 1. The first-order valence-corrected chi connectivity index (χ1v) is 6.34. The van der Waals surface area contributed by atoms with E-state index < -0.39 is 0 Å². The second-order valence-electron chi connectivity index (χ2n) is 5.08. The molecule has 2 heterocycles. The van der Waals surface area contributed by atoms with Crippen molar-refractivity contribution in [2.24, 2.45) is 5.92 Å². The third kappa shape index (κ3) is 2.33. The van der Waals surface area contributed by atoms with Crippen molar-refractivity contribution in [3.05, 3.63) is 23.9 Å². The zero-order valence-corrected chi connectivity index (χ0v) is 10.8. The van der Waals surface area contributed by atoms with Crippen molar-refractivity contribution in [2.75, 3.05) is 11.4 Å². The van der Waals surface area contributed by atoms with Crippen LogP contribution in [0.5, 0.6) is 0 Å². The highest BCUT2D eigenvalue weighted by Gasteiger charge is 2.29. The molecule has 0 bridgehead atoms. The zero-order chi connectivity index (χ0) is 12.4. The first kappa shape index (κ1) is 12.1. The summed E-state index contributed by atoms with van der Waals surface area (Å²) in [7, 11) is 0. The molecular weight excluding hydrogens is 212 g/mol. The molecule has 2 rings (SSSR count). The van der Waals surface area contributed by atoms with Gasteiger partial charge in [0.25, 0.3) is 0 Å². The van der Waals surface area contributed by atoms with Crippen LogP contribution in [0.25, 0.3) is 0 Å². The number of ketones is 1. The average Bonchev–Trinajstić information content (AvgIpc) is 2.77. The molecule has 0 aliphatic carbocycles. The van der Waals surface area contributed by atoms with Crippen LogP contribution in [0.2, 0.25) is 0 Å². The number of carbonyl (C=O) groups is 1. The Labute approximate surface area is 103 Å². The average molecular weight is 232 g/mol. The Morgan fingerprint density at radius 2 is 2.29 bits per heavy atom. The number of aromatic nitrogens is 1. The van der Waals surface area contributed by atoms with Crippen LogP contribution in [0.4, 0.5) is 5.82 Å². The molecule has 1 unspecified atom stereocenters. The van der Waals surface area contributed by atoms with E-state index in [0.717, 1.165) is 17.9 Å². The van der Waals surface area contributed by atoms with Crippen molar-refractivity contribution in [2.45, 2.75) is 39.7 Å². The van der Waals surface area contributed by atoms with Crippen LogP contribution >= 0.6 is 0 Å². The summed E-state index contributed by atoms with van der Waals surface area (Å²) < 4.78 is 0. The van der Waals surface area contributed by atoms with E-state index in [0.29, 0.717) is 12.0 Å². The number of hydrogen-bond donors (Lipinski definition) is 0. The number of nitrogens with zero attached hydrogens (tertiary/aromatic N) is 2. The Morgan fingerprint density at radius 1 is 1.53 bits per heavy atom. The van der Waals surface area contributed by atoms with Gasteiger partial charge in [0, 0.05) is 18.8 Å². The van der Waals surface area contributed by atoms with E-state index in [9.17, 15) is 4.79 Å². The van der Waals surface area contributed by atoms with E-state index in [1.807, 2.05) is 12.1 Å². The lowest BCUT2D eigenvalue weighted by atomic mass is 10.0. The van der Waals surface area contributed by atoms with Gasteiger partial charge in [-0.3, -0.25) is 4.79 Å². The minimum absolute atomic E-state index is 0.0995. The molecule has 1 aliphatic heterocycles. The molecule has 0 N–H and O–H groups in total. The fourth-order valence-corrected chi connectivity index (χ4v) is 2.65. The van der Waals surface area contributed by atoms with Gasteiger partial charge in [-0.15, -0.1) is 0 Å². The van der Waals surface area contributed by atoms with E-state index in [1.54, 1.807) is 13.1 Å². The second-order valence-corrected chi connectivity index (χ2v) is 5.08. The maximum atomic E-state index is 11.6. The predicted molar refractivity (Wildman–Crippen MR) is 69.4 cm³/mol. The number of anilines is 1. The van der Waals surface area contributed by atoms with Crippen LogP contribution in [0.3, 0.4) is 0 Å². The molecule has 1 aromatic rings. The lowest BCUT2D eigenvalue weighted by Crippen LogP contribution is -2.35. The highest BCUT2D eigenvalue weighted by atomic mass is 16.1. The molecule has 1 fully saturated rings. The van der Waals surface area contributed by atoms with Gasteiger partial charge in [-0.05, 0) is 37.8 Å². The van der Waals surface area contributed by atoms with E-state index in [1.165, 1.54) is 12.8 Å². The molecular formula is C14H20N2O. The maximum absolute atomic E-state index is 11.6. The lowest BCUT2D eigenvalue weighted by Gasteiger charge is -2.29. The summed E-state index contributed by atoms with van der Waals surface area (Å²) in [4.78, 5) is 18.4. The lowest BCUT2D eigenvalue weighted by molar-refractivity contribution is 0.101. The van der Waals surface area contributed by atoms with Gasteiger partial charge < -0.3 is 4.90 Å². The quantitative estimate of drug-likeness (QED) is 0.751. The van der Waals surface area contributed by atoms with Crippen molar-refractivity contribution in [3.63, 3.8) is 0 Å². The van der Waals surface area contributed by atoms with Crippen molar-refractivity contribution in [3.8, 4) is 0 Å². The van der Waals surface area contributed by atoms with Gasteiger partial charge in [0.15, 0.2) is 5.78 Å². The Morgan fingerprint density at radius 3 is 2.94 bits per heavy atom. The number of carbonyl (C=O) groups excluding carboxylic acids is 1. The molecule has 0 radical (unpaired) electrons. The van der Waals surface area contributed by atoms with Crippen LogP contribution in [0.1, 0.15) is 44.0 Å². The smallest absolute Gasteiger partial charge is 0.163 e. The van der Waals surface area contributed by atoms with E-state index in [2.05, 4.69) is 23.7 Å². The van der Waals surface area contributed by atoms with Gasteiger partial charge in [-0.25, -0.2) is 4.98 Å². The Hall–Kier alpha value is -1.38. The maximum Gasteiger partial charge on any atom is 0.163 e. The Bertz CT molecular complexity index is 414. The molecule has 0 amide bonds. The monoisotopic (exact) mass is 232 g/mol. The van der Waals surface area contributed by atoms with E-state index in [-0.39, 0.29) is 5.78 Å². The summed E-state index contributed by atoms with van der Waals surface area (Å²) in [5, 5.41) is 0. The van der Waals surface area contributed by atoms with Gasteiger partial charge in [-0.1, -0.05) is 13.8 Å². The molecule has 17 heavy (non-hydrogen) atoms. The first-order chi connectivity index (χ1) is 8.11. The summed E-state index contributed by atoms with van der Waals surface area (Å²) in [6.45, 7) is 7.10. The van der Waals surface area contributed by atoms with E-state index >= 15 is 0 Å². The Balaban J connectivity index is 2.36. The minimum atomic E-state index is 0.0995. The molecule has 1 atom stereocenters.